The predicted molar refractivity (Wildman–Crippen MR) is 160 cm³/mol. The number of allylic oxidation sites excluding steroid dienone is 5. The van der Waals surface area contributed by atoms with E-state index < -0.39 is 7.14 Å². The summed E-state index contributed by atoms with van der Waals surface area (Å²) in [5, 5.41) is 16.3. The van der Waals surface area contributed by atoms with Crippen molar-refractivity contribution >= 4 is 55.9 Å². The van der Waals surface area contributed by atoms with Gasteiger partial charge in [-0.25, -0.2) is 0 Å². The summed E-state index contributed by atoms with van der Waals surface area (Å²) in [5.74, 6) is 0. The zero-order chi connectivity index (χ0) is 26.3. The zero-order valence-corrected chi connectivity index (χ0v) is 22.6. The fourth-order valence-corrected chi connectivity index (χ4v) is 8.63. The highest BCUT2D eigenvalue weighted by Crippen LogP contribution is 2.56. The molecule has 4 heteroatoms. The van der Waals surface area contributed by atoms with Gasteiger partial charge in [0, 0.05) is 32.4 Å². The first-order valence-corrected chi connectivity index (χ1v) is 14.2. The highest BCUT2D eigenvalue weighted by Gasteiger charge is 2.34. The first-order valence-electron chi connectivity index (χ1n) is 12.5. The van der Waals surface area contributed by atoms with E-state index in [1.165, 1.54) is 0 Å². The van der Waals surface area contributed by atoms with Crippen LogP contribution in [0.4, 0.5) is 0 Å². The van der Waals surface area contributed by atoms with Crippen LogP contribution >= 0.6 is 7.14 Å². The van der Waals surface area contributed by atoms with Gasteiger partial charge < -0.3 is 4.57 Å². The number of fused-ring (bicyclic) bond motifs is 4. The van der Waals surface area contributed by atoms with Gasteiger partial charge in [0.2, 0.25) is 0 Å². The predicted octanol–water partition coefficient (Wildman–Crippen LogP) is 8.10. The van der Waals surface area contributed by atoms with Gasteiger partial charge in [-0.3, -0.25) is 9.98 Å². The molecule has 0 fully saturated rings. The van der Waals surface area contributed by atoms with Crippen LogP contribution in [-0.2, 0) is 4.57 Å². The molecule has 0 saturated carbocycles. The van der Waals surface area contributed by atoms with Gasteiger partial charge in [0.1, 0.15) is 5.49 Å². The highest BCUT2D eigenvalue weighted by atomic mass is 31.2. The lowest BCUT2D eigenvalue weighted by Crippen LogP contribution is -2.23. The minimum Gasteiger partial charge on any atom is -0.309 e. The van der Waals surface area contributed by atoms with Crippen LogP contribution in [0.25, 0.3) is 38.1 Å². The molecule has 184 valence electrons. The van der Waals surface area contributed by atoms with Crippen molar-refractivity contribution in [2.45, 2.75) is 27.7 Å². The standard InChI is InChI=1S/C33H31N2OP/c1-6-23(5)31(7-2)37(36,32-18-12-14-24-13-8-9-15-26(24)32)25-19-20-27-28-16-10-11-17-30(28)35(22(3)4)33(34)29(27)21-25/h6-21,34H,3H2,1-2,4-5H3/b23-6+,31-7+,34-33?. The number of pyridine rings is 1. The average molecular weight is 503 g/mol. The quantitative estimate of drug-likeness (QED) is 0.147. The third kappa shape index (κ3) is 3.82. The average Bonchev–Trinajstić information content (AvgIpc) is 2.92. The molecule has 1 N–H and O–H groups in total. The molecule has 0 aliphatic carbocycles. The molecule has 0 radical (unpaired) electrons. The van der Waals surface area contributed by atoms with Gasteiger partial charge in [0.25, 0.3) is 0 Å². The van der Waals surface area contributed by atoms with Crippen molar-refractivity contribution in [3.8, 4) is 0 Å². The van der Waals surface area contributed by atoms with E-state index >= 15 is 4.57 Å². The number of benzene rings is 4. The monoisotopic (exact) mass is 502 g/mol. The number of hydrogen-bond acceptors (Lipinski definition) is 2. The molecule has 1 heterocycles. The van der Waals surface area contributed by atoms with Crippen LogP contribution < -0.4 is 16.1 Å². The van der Waals surface area contributed by atoms with Gasteiger partial charge in [0.05, 0.1) is 5.52 Å². The number of para-hydroxylation sites is 1. The Hall–Kier alpha value is -3.94. The molecule has 0 spiro atoms. The van der Waals surface area contributed by atoms with Crippen LogP contribution in [0.1, 0.15) is 27.7 Å². The number of aromatic nitrogens is 1. The molecular formula is C33H31N2OP. The second-order valence-corrected chi connectivity index (χ2v) is 12.1. The Labute approximate surface area is 218 Å². The number of nitrogens with zero attached hydrogens (tertiary/aromatic N) is 1. The Balaban J connectivity index is 1.94. The molecule has 1 aromatic heterocycles. The Bertz CT molecular complexity index is 1880. The third-order valence-electron chi connectivity index (χ3n) is 7.22. The lowest BCUT2D eigenvalue weighted by Gasteiger charge is -2.25. The van der Waals surface area contributed by atoms with E-state index in [1.807, 2.05) is 105 Å². The van der Waals surface area contributed by atoms with Gasteiger partial charge in [-0.05, 0) is 61.6 Å². The topological polar surface area (TPSA) is 45.9 Å². The SMILES string of the molecule is C=C(C)n1c(=N)c2cc(P(=O)(C(=C/C)/C(C)=C/C)c3cccc4ccccc34)ccc2c2ccccc21. The van der Waals surface area contributed by atoms with Gasteiger partial charge in [0.15, 0.2) is 7.14 Å². The van der Waals surface area contributed by atoms with Crippen molar-refractivity contribution in [3.63, 3.8) is 0 Å². The van der Waals surface area contributed by atoms with E-state index in [9.17, 15) is 0 Å². The Morgan fingerprint density at radius 3 is 2.19 bits per heavy atom. The summed E-state index contributed by atoms with van der Waals surface area (Å²) in [6.07, 6.45) is 4.00. The summed E-state index contributed by atoms with van der Waals surface area (Å²) in [6.45, 7) is 12.0. The van der Waals surface area contributed by atoms with Crippen LogP contribution in [0.15, 0.2) is 115 Å². The summed E-state index contributed by atoms with van der Waals surface area (Å²) in [4.78, 5) is 0. The summed E-state index contributed by atoms with van der Waals surface area (Å²) in [5.41, 5.74) is 3.04. The molecule has 4 aromatic carbocycles. The summed E-state index contributed by atoms with van der Waals surface area (Å²) in [6, 6.07) is 28.2. The molecular weight excluding hydrogens is 471 g/mol. The molecule has 0 bridgehead atoms. The Morgan fingerprint density at radius 1 is 0.811 bits per heavy atom. The summed E-state index contributed by atoms with van der Waals surface area (Å²) >= 11 is 0. The van der Waals surface area contributed by atoms with Crippen molar-refractivity contribution in [1.29, 1.82) is 5.41 Å². The first kappa shape index (κ1) is 24.7. The van der Waals surface area contributed by atoms with Gasteiger partial charge in [-0.2, -0.15) is 0 Å². The van der Waals surface area contributed by atoms with Crippen LogP contribution in [0, 0.1) is 5.41 Å². The Kier molecular flexibility index (Phi) is 6.35. The van der Waals surface area contributed by atoms with Crippen LogP contribution in [0.5, 0.6) is 0 Å². The smallest absolute Gasteiger partial charge is 0.171 e. The second kappa shape index (κ2) is 9.50. The molecule has 5 aromatic rings. The molecule has 0 aliphatic heterocycles. The van der Waals surface area contributed by atoms with E-state index in [1.54, 1.807) is 0 Å². The van der Waals surface area contributed by atoms with Crippen molar-refractivity contribution in [2.75, 3.05) is 0 Å². The summed E-state index contributed by atoms with van der Waals surface area (Å²) < 4.78 is 17.5. The van der Waals surface area contributed by atoms with Crippen molar-refractivity contribution in [2.24, 2.45) is 0 Å². The van der Waals surface area contributed by atoms with Gasteiger partial charge >= 0.3 is 0 Å². The van der Waals surface area contributed by atoms with E-state index in [4.69, 9.17) is 5.41 Å². The van der Waals surface area contributed by atoms with E-state index in [2.05, 4.69) is 30.8 Å². The maximum atomic E-state index is 15.6. The number of hydrogen-bond donors (Lipinski definition) is 1. The molecule has 3 nitrogen and oxygen atoms in total. The van der Waals surface area contributed by atoms with E-state index in [0.29, 0.717) is 5.49 Å². The van der Waals surface area contributed by atoms with Gasteiger partial charge in [-0.15, -0.1) is 0 Å². The Morgan fingerprint density at radius 2 is 1.49 bits per heavy atom. The number of rotatable bonds is 5. The zero-order valence-electron chi connectivity index (χ0n) is 21.7. The third-order valence-corrected chi connectivity index (χ3v) is 10.6. The van der Waals surface area contributed by atoms with Crippen molar-refractivity contribution < 1.29 is 4.57 Å². The molecule has 1 atom stereocenters. The first-order chi connectivity index (χ1) is 17.8. The highest BCUT2D eigenvalue weighted by molar-refractivity contribution is 7.83. The fourth-order valence-electron chi connectivity index (χ4n) is 5.39. The normalized spacial score (nSPS) is 14.3. The molecule has 0 amide bonds. The van der Waals surface area contributed by atoms with E-state index in [-0.39, 0.29) is 0 Å². The number of nitrogens with one attached hydrogen (secondary N) is 1. The van der Waals surface area contributed by atoms with E-state index in [0.717, 1.165) is 59.6 Å². The maximum absolute atomic E-state index is 15.6. The fraction of sp³-hybridized carbons (Fsp3) is 0.121. The van der Waals surface area contributed by atoms with Crippen LogP contribution in [-0.4, -0.2) is 4.57 Å². The lowest BCUT2D eigenvalue weighted by atomic mass is 10.1. The van der Waals surface area contributed by atoms with Crippen molar-refractivity contribution in [1.82, 2.24) is 4.57 Å². The molecule has 0 aliphatic rings. The molecule has 0 saturated heterocycles. The van der Waals surface area contributed by atoms with Crippen LogP contribution in [0.3, 0.4) is 0 Å². The van der Waals surface area contributed by atoms with Crippen molar-refractivity contribution in [3.05, 3.63) is 120 Å². The van der Waals surface area contributed by atoms with Crippen LogP contribution in [0.2, 0.25) is 0 Å². The minimum atomic E-state index is -3.30. The maximum Gasteiger partial charge on any atom is 0.171 e. The lowest BCUT2D eigenvalue weighted by molar-refractivity contribution is 0.591. The molecule has 1 unspecified atom stereocenters. The summed E-state index contributed by atoms with van der Waals surface area (Å²) in [7, 11) is -3.30. The minimum absolute atomic E-state index is 0.345. The van der Waals surface area contributed by atoms with Gasteiger partial charge in [-0.1, -0.05) is 91.5 Å². The largest absolute Gasteiger partial charge is 0.309 e. The second-order valence-electron chi connectivity index (χ2n) is 9.42. The molecule has 5 rings (SSSR count). The molecule has 37 heavy (non-hydrogen) atoms.